The van der Waals surface area contributed by atoms with Gasteiger partial charge in [0.2, 0.25) is 0 Å². The molecule has 2 unspecified atom stereocenters. The molecule has 0 rings (SSSR count). The molecule has 0 aliphatic carbocycles. The molecular formula is C20H40O6Si2. The van der Waals surface area contributed by atoms with Crippen molar-refractivity contribution in [3.8, 4) is 0 Å². The zero-order valence-electron chi connectivity index (χ0n) is 19.3. The van der Waals surface area contributed by atoms with Crippen LogP contribution in [-0.2, 0) is 27.9 Å². The van der Waals surface area contributed by atoms with Gasteiger partial charge in [-0.1, -0.05) is 41.5 Å². The van der Waals surface area contributed by atoms with Crippen molar-refractivity contribution >= 4 is 30.0 Å². The van der Waals surface area contributed by atoms with Crippen LogP contribution in [0.25, 0.3) is 0 Å². The minimum Gasteiger partial charge on any atom is -0.460 e. The molecule has 164 valence electrons. The highest BCUT2D eigenvalue weighted by molar-refractivity contribution is 6.48. The van der Waals surface area contributed by atoms with Crippen molar-refractivity contribution in [3.63, 3.8) is 0 Å². The van der Waals surface area contributed by atoms with E-state index in [9.17, 15) is 9.59 Å². The SMILES string of the molecule is C[SiH](C)OC(COC(=O)/C=C/C(=O)OCC(O[SiH](C)C)C(C)(C)C)C(C)(C)C. The van der Waals surface area contributed by atoms with Crippen LogP contribution in [0, 0.1) is 10.8 Å². The highest BCUT2D eigenvalue weighted by atomic mass is 28.3. The van der Waals surface area contributed by atoms with Crippen molar-refractivity contribution in [1.29, 1.82) is 0 Å². The van der Waals surface area contributed by atoms with Crippen LogP contribution in [0.15, 0.2) is 12.2 Å². The third-order valence-electron chi connectivity index (χ3n) is 3.91. The van der Waals surface area contributed by atoms with Gasteiger partial charge in [-0.25, -0.2) is 9.59 Å². The van der Waals surface area contributed by atoms with Gasteiger partial charge in [0.25, 0.3) is 0 Å². The largest absolute Gasteiger partial charge is 0.460 e. The summed E-state index contributed by atoms with van der Waals surface area (Å²) in [5.41, 5.74) is -0.274. The predicted octanol–water partition coefficient (Wildman–Crippen LogP) is 3.46. The first-order chi connectivity index (χ1) is 12.6. The van der Waals surface area contributed by atoms with Gasteiger partial charge in [-0.3, -0.25) is 0 Å². The van der Waals surface area contributed by atoms with Crippen LogP contribution >= 0.6 is 0 Å². The summed E-state index contributed by atoms with van der Waals surface area (Å²) in [5, 5.41) is 0. The normalized spacial score (nSPS) is 15.1. The molecule has 28 heavy (non-hydrogen) atoms. The van der Waals surface area contributed by atoms with Crippen molar-refractivity contribution in [3.05, 3.63) is 12.2 Å². The van der Waals surface area contributed by atoms with Crippen LogP contribution in [0.4, 0.5) is 0 Å². The summed E-state index contributed by atoms with van der Waals surface area (Å²) in [6.07, 6.45) is 1.85. The quantitative estimate of drug-likeness (QED) is 0.299. The van der Waals surface area contributed by atoms with Crippen LogP contribution < -0.4 is 0 Å². The zero-order chi connectivity index (χ0) is 22.1. The molecule has 0 N–H and O–H groups in total. The van der Waals surface area contributed by atoms with Crippen LogP contribution in [0.1, 0.15) is 41.5 Å². The Morgan fingerprint density at radius 2 is 1.00 bits per heavy atom. The Kier molecular flexibility index (Phi) is 11.5. The minimum atomic E-state index is -1.26. The first-order valence-corrected chi connectivity index (χ1v) is 15.5. The van der Waals surface area contributed by atoms with E-state index in [1.165, 1.54) is 0 Å². The number of carbonyl (C=O) groups is 2. The fourth-order valence-electron chi connectivity index (χ4n) is 2.19. The van der Waals surface area contributed by atoms with E-state index < -0.39 is 30.0 Å². The van der Waals surface area contributed by atoms with Gasteiger partial charge < -0.3 is 18.3 Å². The van der Waals surface area contributed by atoms with Gasteiger partial charge in [0.15, 0.2) is 18.1 Å². The monoisotopic (exact) mass is 432 g/mol. The molecule has 0 radical (unpaired) electrons. The summed E-state index contributed by atoms with van der Waals surface area (Å²) < 4.78 is 22.4. The van der Waals surface area contributed by atoms with Gasteiger partial charge >= 0.3 is 11.9 Å². The summed E-state index contributed by atoms with van der Waals surface area (Å²) in [5.74, 6) is -1.17. The Bertz CT molecular complexity index is 472. The van der Waals surface area contributed by atoms with Crippen molar-refractivity contribution < 1.29 is 27.9 Å². The van der Waals surface area contributed by atoms with Crippen molar-refractivity contribution in [1.82, 2.24) is 0 Å². The molecule has 0 aliphatic heterocycles. The Balaban J connectivity index is 4.58. The maximum atomic E-state index is 11.9. The third kappa shape index (κ3) is 12.5. The van der Waals surface area contributed by atoms with E-state index in [-0.39, 0.29) is 36.3 Å². The molecule has 6 nitrogen and oxygen atoms in total. The number of carbonyl (C=O) groups excluding carboxylic acids is 2. The van der Waals surface area contributed by atoms with Crippen LogP contribution in [0.5, 0.6) is 0 Å². The second-order valence-corrected chi connectivity index (χ2v) is 14.4. The zero-order valence-corrected chi connectivity index (χ0v) is 21.6. The standard InChI is InChI=1S/C20H40O6Si2/c1-19(2,3)15(25-27(7)8)13-23-17(21)11-12-18(22)24-14-16(20(4,5)6)26-28(9)10/h11-12,15-16,27-28H,13-14H2,1-10H3/b12-11+. The molecule has 0 aromatic heterocycles. The lowest BCUT2D eigenvalue weighted by Crippen LogP contribution is -2.37. The predicted molar refractivity (Wildman–Crippen MR) is 117 cm³/mol. The minimum absolute atomic E-state index is 0.137. The van der Waals surface area contributed by atoms with Crippen LogP contribution in [-0.4, -0.2) is 55.4 Å². The Labute approximate surface area is 174 Å². The molecule has 0 aliphatic rings. The molecule has 0 saturated heterocycles. The summed E-state index contributed by atoms with van der Waals surface area (Å²) in [6.45, 7) is 20.9. The molecule has 0 bridgehead atoms. The molecular weight excluding hydrogens is 392 g/mol. The average molecular weight is 433 g/mol. The number of rotatable bonds is 10. The summed E-state index contributed by atoms with van der Waals surface area (Å²) in [6, 6.07) is 0. The van der Waals surface area contributed by atoms with Gasteiger partial charge in [-0.05, 0) is 37.0 Å². The second-order valence-electron chi connectivity index (χ2n) is 9.67. The fourth-order valence-corrected chi connectivity index (χ4v) is 4.48. The molecule has 0 fully saturated rings. The maximum absolute atomic E-state index is 11.9. The molecule has 2 atom stereocenters. The van der Waals surface area contributed by atoms with Gasteiger partial charge in [0, 0.05) is 12.2 Å². The van der Waals surface area contributed by atoms with E-state index in [4.69, 9.17) is 18.3 Å². The number of esters is 2. The van der Waals surface area contributed by atoms with Gasteiger partial charge in [-0.15, -0.1) is 0 Å². The Hall–Kier alpha value is -0.966. The highest BCUT2D eigenvalue weighted by Gasteiger charge is 2.28. The van der Waals surface area contributed by atoms with Crippen molar-refractivity contribution in [2.45, 2.75) is 79.9 Å². The van der Waals surface area contributed by atoms with E-state index in [1.807, 2.05) is 41.5 Å². The third-order valence-corrected chi connectivity index (χ3v) is 5.66. The van der Waals surface area contributed by atoms with Crippen LogP contribution in [0.2, 0.25) is 26.2 Å². The van der Waals surface area contributed by atoms with E-state index in [1.54, 1.807) is 0 Å². The second kappa shape index (κ2) is 11.9. The Morgan fingerprint density at radius 1 is 0.714 bits per heavy atom. The lowest BCUT2D eigenvalue weighted by atomic mass is 9.90. The van der Waals surface area contributed by atoms with Gasteiger partial charge in [0.05, 0.1) is 12.2 Å². The lowest BCUT2D eigenvalue weighted by Gasteiger charge is -2.32. The molecule has 0 aromatic rings. The summed E-state index contributed by atoms with van der Waals surface area (Å²) in [7, 11) is -2.52. The summed E-state index contributed by atoms with van der Waals surface area (Å²) >= 11 is 0. The van der Waals surface area contributed by atoms with Crippen molar-refractivity contribution in [2.24, 2.45) is 10.8 Å². The maximum Gasteiger partial charge on any atom is 0.331 e. The lowest BCUT2D eigenvalue weighted by molar-refractivity contribution is -0.144. The fraction of sp³-hybridized carbons (Fsp3) is 0.800. The van der Waals surface area contributed by atoms with E-state index in [0.29, 0.717) is 0 Å². The first-order valence-electron chi connectivity index (χ1n) is 9.95. The van der Waals surface area contributed by atoms with Gasteiger partial charge in [0.1, 0.15) is 13.2 Å². The van der Waals surface area contributed by atoms with Crippen LogP contribution in [0.3, 0.4) is 0 Å². The van der Waals surface area contributed by atoms with E-state index in [0.717, 1.165) is 12.2 Å². The van der Waals surface area contributed by atoms with E-state index >= 15 is 0 Å². The van der Waals surface area contributed by atoms with Crippen molar-refractivity contribution in [2.75, 3.05) is 13.2 Å². The number of ether oxygens (including phenoxy) is 2. The van der Waals surface area contributed by atoms with E-state index in [2.05, 4.69) is 26.2 Å². The smallest absolute Gasteiger partial charge is 0.331 e. The summed E-state index contributed by atoms with van der Waals surface area (Å²) in [4.78, 5) is 23.9. The number of hydrogen-bond acceptors (Lipinski definition) is 6. The van der Waals surface area contributed by atoms with Gasteiger partial charge in [-0.2, -0.15) is 0 Å². The molecule has 0 amide bonds. The molecule has 0 spiro atoms. The molecule has 0 aromatic carbocycles. The number of hydrogen-bond donors (Lipinski definition) is 0. The topological polar surface area (TPSA) is 71.1 Å². The molecule has 0 saturated carbocycles. The first kappa shape index (κ1) is 27.0. The average Bonchev–Trinajstić information content (AvgIpc) is 2.50. The Morgan fingerprint density at radius 3 is 1.21 bits per heavy atom. The molecule has 0 heterocycles. The molecule has 8 heteroatoms. The highest BCUT2D eigenvalue weighted by Crippen LogP contribution is 2.24.